The van der Waals surface area contributed by atoms with Crippen molar-refractivity contribution in [3.05, 3.63) is 11.8 Å². The zero-order valence-electron chi connectivity index (χ0n) is 10.6. The van der Waals surface area contributed by atoms with E-state index in [1.807, 2.05) is 48.5 Å². The van der Waals surface area contributed by atoms with Gasteiger partial charge < -0.3 is 10.8 Å². The van der Waals surface area contributed by atoms with Gasteiger partial charge in [0.05, 0.1) is 0 Å². The van der Waals surface area contributed by atoms with Crippen LogP contribution in [0.25, 0.3) is 0 Å². The number of aliphatic hydroxyl groups excluding tert-OH is 1. The summed E-state index contributed by atoms with van der Waals surface area (Å²) in [5.74, 6) is 0.0208. The topological polar surface area (TPSA) is 70.1 Å². The number of nitrogens with one attached hydrogen (secondary N) is 1. The van der Waals surface area contributed by atoms with Gasteiger partial charge in [-0.05, 0) is 0 Å². The second-order valence-electron chi connectivity index (χ2n) is 3.23. The first-order valence-corrected chi connectivity index (χ1v) is 5.09. The maximum atomic E-state index is 9.20. The molecule has 86 valence electrons. The number of aliphatic hydroxyl groups is 1. The Hall–Kier alpha value is -0.990. The second-order valence-corrected chi connectivity index (χ2v) is 3.23. The van der Waals surface area contributed by atoms with Crippen LogP contribution in [0.5, 0.6) is 0 Å². The molecule has 3 nitrogen and oxygen atoms in total. The fourth-order valence-electron chi connectivity index (χ4n) is 0.364. The SMILES string of the molecule is CC.CC.CC(C)(C)/C(O)=C/C(=N)N. The number of hydrogen-bond donors (Lipinski definition) is 3. The molecule has 0 radical (unpaired) electrons. The first kappa shape index (κ1) is 18.7. The van der Waals surface area contributed by atoms with Crippen LogP contribution in [0.3, 0.4) is 0 Å². The van der Waals surface area contributed by atoms with Gasteiger partial charge in [-0.1, -0.05) is 48.5 Å². The summed E-state index contributed by atoms with van der Waals surface area (Å²) in [6.07, 6.45) is 1.25. The Morgan fingerprint density at radius 1 is 1.14 bits per heavy atom. The van der Waals surface area contributed by atoms with E-state index in [-0.39, 0.29) is 17.0 Å². The van der Waals surface area contributed by atoms with Crippen LogP contribution in [-0.4, -0.2) is 10.9 Å². The molecule has 0 fully saturated rings. The zero-order chi connectivity index (χ0) is 12.4. The summed E-state index contributed by atoms with van der Waals surface area (Å²) in [6.45, 7) is 13.5. The lowest BCUT2D eigenvalue weighted by Crippen LogP contribution is -2.14. The Labute approximate surface area is 88.5 Å². The molecule has 0 unspecified atom stereocenters. The summed E-state index contributed by atoms with van der Waals surface area (Å²) in [5, 5.41) is 16.0. The van der Waals surface area contributed by atoms with E-state index in [1.165, 1.54) is 6.08 Å². The molecule has 0 heterocycles. The molecule has 0 atom stereocenters. The Bertz CT molecular complexity index is 167. The van der Waals surface area contributed by atoms with Crippen molar-refractivity contribution in [2.24, 2.45) is 11.1 Å². The molecule has 0 spiro atoms. The summed E-state index contributed by atoms with van der Waals surface area (Å²) >= 11 is 0. The average molecular weight is 202 g/mol. The summed E-state index contributed by atoms with van der Waals surface area (Å²) < 4.78 is 0. The Balaban J connectivity index is -0.000000266. The molecule has 0 saturated carbocycles. The summed E-state index contributed by atoms with van der Waals surface area (Å²) in [5.41, 5.74) is 4.72. The van der Waals surface area contributed by atoms with Crippen molar-refractivity contribution in [1.82, 2.24) is 0 Å². The molecule has 0 amide bonds. The van der Waals surface area contributed by atoms with Crippen molar-refractivity contribution < 1.29 is 5.11 Å². The molecule has 0 aliphatic carbocycles. The van der Waals surface area contributed by atoms with Gasteiger partial charge in [0, 0.05) is 11.5 Å². The van der Waals surface area contributed by atoms with Crippen LogP contribution >= 0.6 is 0 Å². The van der Waals surface area contributed by atoms with Crippen LogP contribution in [0.15, 0.2) is 11.8 Å². The number of hydrogen-bond acceptors (Lipinski definition) is 2. The molecular formula is C11H26N2O. The second kappa shape index (κ2) is 10.1. The molecule has 0 aliphatic heterocycles. The molecule has 4 N–H and O–H groups in total. The van der Waals surface area contributed by atoms with E-state index in [2.05, 4.69) is 0 Å². The van der Waals surface area contributed by atoms with Gasteiger partial charge in [-0.3, -0.25) is 5.41 Å². The molecule has 0 aromatic heterocycles. The van der Waals surface area contributed by atoms with E-state index >= 15 is 0 Å². The predicted molar refractivity (Wildman–Crippen MR) is 64.8 cm³/mol. The lowest BCUT2D eigenvalue weighted by molar-refractivity contribution is 0.278. The van der Waals surface area contributed by atoms with Crippen LogP contribution in [0.1, 0.15) is 48.5 Å². The Morgan fingerprint density at radius 3 is 1.50 bits per heavy atom. The maximum Gasteiger partial charge on any atom is 0.118 e. The van der Waals surface area contributed by atoms with Gasteiger partial charge >= 0.3 is 0 Å². The third-order valence-corrected chi connectivity index (χ3v) is 1.06. The highest BCUT2D eigenvalue weighted by Gasteiger charge is 2.15. The van der Waals surface area contributed by atoms with Crippen LogP contribution in [0.2, 0.25) is 0 Å². The lowest BCUT2D eigenvalue weighted by Gasteiger charge is -2.16. The van der Waals surface area contributed by atoms with Crippen molar-refractivity contribution in [3.63, 3.8) is 0 Å². The van der Waals surface area contributed by atoms with Gasteiger partial charge in [-0.2, -0.15) is 0 Å². The summed E-state index contributed by atoms with van der Waals surface area (Å²) in [4.78, 5) is 0. The molecule has 0 rings (SSSR count). The number of rotatable bonds is 1. The first-order chi connectivity index (χ1) is 6.34. The van der Waals surface area contributed by atoms with E-state index < -0.39 is 0 Å². The standard InChI is InChI=1S/C7H14N2O.2C2H6/c1-7(2,3)5(10)4-6(8)9;2*1-2/h4,10H,1-3H3,(H3,8,9);2*1-2H3/b5-4-;;. The van der Waals surface area contributed by atoms with E-state index in [1.54, 1.807) is 0 Å². The maximum absolute atomic E-state index is 9.20. The molecule has 14 heavy (non-hydrogen) atoms. The Kier molecular flexibility index (Phi) is 13.5. The minimum Gasteiger partial charge on any atom is -0.512 e. The van der Waals surface area contributed by atoms with Gasteiger partial charge in [0.2, 0.25) is 0 Å². The van der Waals surface area contributed by atoms with Crippen molar-refractivity contribution in [2.45, 2.75) is 48.5 Å². The quantitative estimate of drug-likeness (QED) is 0.346. The van der Waals surface area contributed by atoms with Crippen LogP contribution in [0.4, 0.5) is 0 Å². The van der Waals surface area contributed by atoms with Crippen molar-refractivity contribution in [2.75, 3.05) is 0 Å². The first-order valence-electron chi connectivity index (χ1n) is 5.09. The van der Waals surface area contributed by atoms with E-state index in [4.69, 9.17) is 11.1 Å². The van der Waals surface area contributed by atoms with E-state index in [0.717, 1.165) is 0 Å². The number of nitrogens with two attached hydrogens (primary N) is 1. The third kappa shape index (κ3) is 13.6. The smallest absolute Gasteiger partial charge is 0.118 e. The van der Waals surface area contributed by atoms with Gasteiger partial charge in [-0.15, -0.1) is 0 Å². The van der Waals surface area contributed by atoms with Crippen LogP contribution < -0.4 is 5.73 Å². The van der Waals surface area contributed by atoms with Crippen LogP contribution in [-0.2, 0) is 0 Å². The fraction of sp³-hybridized carbons (Fsp3) is 0.727. The van der Waals surface area contributed by atoms with Crippen molar-refractivity contribution in [1.29, 1.82) is 5.41 Å². The molecule has 3 heteroatoms. The van der Waals surface area contributed by atoms with Gasteiger partial charge in [0.1, 0.15) is 11.6 Å². The van der Waals surface area contributed by atoms with Crippen molar-refractivity contribution in [3.8, 4) is 0 Å². The van der Waals surface area contributed by atoms with Crippen molar-refractivity contribution >= 4 is 5.84 Å². The highest BCUT2D eigenvalue weighted by molar-refractivity contribution is 5.88. The highest BCUT2D eigenvalue weighted by Crippen LogP contribution is 2.21. The summed E-state index contributed by atoms with van der Waals surface area (Å²) in [7, 11) is 0. The summed E-state index contributed by atoms with van der Waals surface area (Å²) in [6, 6.07) is 0. The number of allylic oxidation sites excluding steroid dienone is 1. The van der Waals surface area contributed by atoms with Gasteiger partial charge in [0.25, 0.3) is 0 Å². The third-order valence-electron chi connectivity index (χ3n) is 1.06. The van der Waals surface area contributed by atoms with Crippen LogP contribution in [0, 0.1) is 10.8 Å². The molecular weight excluding hydrogens is 176 g/mol. The lowest BCUT2D eigenvalue weighted by atomic mass is 9.93. The predicted octanol–water partition coefficient (Wildman–Crippen LogP) is 3.46. The fourth-order valence-corrected chi connectivity index (χ4v) is 0.364. The van der Waals surface area contributed by atoms with E-state index in [9.17, 15) is 5.11 Å². The molecule has 0 aromatic rings. The highest BCUT2D eigenvalue weighted by atomic mass is 16.3. The normalized spacial score (nSPS) is 10.4. The average Bonchev–Trinajstić information content (AvgIpc) is 2.09. The largest absolute Gasteiger partial charge is 0.512 e. The molecule has 0 aliphatic rings. The zero-order valence-corrected chi connectivity index (χ0v) is 10.6. The molecule has 0 bridgehead atoms. The van der Waals surface area contributed by atoms with Gasteiger partial charge in [-0.25, -0.2) is 0 Å². The number of amidine groups is 1. The monoisotopic (exact) mass is 202 g/mol. The van der Waals surface area contributed by atoms with E-state index in [0.29, 0.717) is 0 Å². The van der Waals surface area contributed by atoms with Gasteiger partial charge in [0.15, 0.2) is 0 Å². The minimum absolute atomic E-state index is 0.118. The Morgan fingerprint density at radius 2 is 1.43 bits per heavy atom. The minimum atomic E-state index is -0.314. The molecule has 0 aromatic carbocycles. The molecule has 0 saturated heterocycles.